The Bertz CT molecular complexity index is 2010. The van der Waals surface area contributed by atoms with Gasteiger partial charge >= 0.3 is 12.1 Å². The predicted molar refractivity (Wildman–Crippen MR) is 173 cm³/mol. The van der Waals surface area contributed by atoms with Crippen molar-refractivity contribution in [3.05, 3.63) is 70.8 Å². The minimum absolute atomic E-state index is 0.436. The third kappa shape index (κ3) is 2.96. The number of fused-ring (bicyclic) bond motifs is 24. The van der Waals surface area contributed by atoms with E-state index in [1.54, 1.807) is 28.4 Å². The largest absolute Gasteiger partial charge is 0.496 e. The molecule has 0 N–H and O–H groups in total. The second-order valence-corrected chi connectivity index (χ2v) is 14.6. The molecule has 10 heteroatoms. The number of esters is 1. The Morgan fingerprint density at radius 2 is 0.939 bits per heavy atom. The third-order valence-corrected chi connectivity index (χ3v) is 13.5. The van der Waals surface area contributed by atoms with Crippen molar-refractivity contribution < 1.29 is 46.4 Å². The van der Waals surface area contributed by atoms with Gasteiger partial charge < -0.3 is 28.4 Å². The van der Waals surface area contributed by atoms with E-state index in [1.807, 2.05) is 48.5 Å². The molecule has 49 heavy (non-hydrogen) atoms. The van der Waals surface area contributed by atoms with Crippen molar-refractivity contribution in [1.82, 2.24) is 0 Å². The highest BCUT2D eigenvalue weighted by Gasteiger charge is 2.93. The van der Waals surface area contributed by atoms with E-state index in [0.29, 0.717) is 35.8 Å². The van der Waals surface area contributed by atoms with E-state index in [2.05, 4.69) is 0 Å². The summed E-state index contributed by atoms with van der Waals surface area (Å²) in [4.78, 5) is 14.5. The van der Waals surface area contributed by atoms with Gasteiger partial charge in [0.1, 0.15) is 23.0 Å². The van der Waals surface area contributed by atoms with Crippen LogP contribution in [0.3, 0.4) is 0 Å². The first kappa shape index (κ1) is 29.7. The predicted octanol–water partition coefficient (Wildman–Crippen LogP) is 7.62. The van der Waals surface area contributed by atoms with Crippen molar-refractivity contribution in [3.8, 4) is 23.0 Å². The Morgan fingerprint density at radius 3 is 1.22 bits per heavy atom. The molecule has 0 radical (unpaired) electrons. The highest BCUT2D eigenvalue weighted by molar-refractivity contribution is 5.99. The SMILES string of the molecule is COC(=O)C12OC(C(F)(F)F)(C3C1[C@@H]1C[C@@H]3c3c1c(OC)c1ccccc1c3OC)C1C2[C@H]2C[C@H]1c1c2c(OC)c2ccccc2c1OC. The fourth-order valence-electron chi connectivity index (χ4n) is 12.7. The zero-order chi connectivity index (χ0) is 33.9. The molecule has 2 aliphatic heterocycles. The molecule has 0 spiro atoms. The summed E-state index contributed by atoms with van der Waals surface area (Å²) in [5.41, 5.74) is -1.29. The maximum absolute atomic E-state index is 16.4. The van der Waals surface area contributed by atoms with Crippen LogP contribution in [0.5, 0.6) is 23.0 Å². The van der Waals surface area contributed by atoms with Crippen LogP contribution in [-0.4, -0.2) is 58.9 Å². The molecule has 10 rings (SSSR count). The zero-order valence-electron chi connectivity index (χ0n) is 27.6. The molecule has 2 heterocycles. The number of rotatable bonds is 5. The first-order valence-electron chi connectivity index (χ1n) is 16.8. The fraction of sp³-hybridized carbons (Fsp3) is 0.462. The van der Waals surface area contributed by atoms with Gasteiger partial charge in [-0.15, -0.1) is 0 Å². The van der Waals surface area contributed by atoms with Crippen molar-refractivity contribution >= 4 is 27.5 Å². The molecule has 6 aliphatic rings. The van der Waals surface area contributed by atoms with Gasteiger partial charge in [-0.25, -0.2) is 4.79 Å². The van der Waals surface area contributed by atoms with Gasteiger partial charge in [-0.2, -0.15) is 13.2 Å². The Labute approximate surface area is 280 Å². The molecule has 254 valence electrons. The minimum Gasteiger partial charge on any atom is -0.496 e. The fourth-order valence-corrected chi connectivity index (χ4v) is 12.7. The molecule has 2 saturated heterocycles. The number of carbonyl (C=O) groups is 1. The van der Waals surface area contributed by atoms with Crippen LogP contribution in [0.1, 0.15) is 58.8 Å². The number of carbonyl (C=O) groups excluding carboxylic acids is 1. The quantitative estimate of drug-likeness (QED) is 0.202. The number of methoxy groups -OCH3 is 5. The average Bonchev–Trinajstić information content (AvgIpc) is 3.95. The van der Waals surface area contributed by atoms with E-state index in [4.69, 9.17) is 28.4 Å². The second kappa shape index (κ2) is 9.33. The van der Waals surface area contributed by atoms with E-state index in [-0.39, 0.29) is 0 Å². The standard InChI is InChI=1S/C39H35F3O7/c1-44-32-16-10-6-8-12-18(16)34(46-3)26-22-14-20(24(26)32)28-30(22)38(39(40,41)42)31-23-15-21(29(31)37(28,49-38)36(43)48-5)25-27(23)35(47-4)19-13-9-7-11-17(19)33(25)45-2/h6-13,20-23,28-31H,14-15H2,1-5H3/t20-,21+,22-,23+,28?,29?,30?,31?,37?,38?. The van der Waals surface area contributed by atoms with Gasteiger partial charge in [-0.3, -0.25) is 0 Å². The first-order valence-corrected chi connectivity index (χ1v) is 16.8. The van der Waals surface area contributed by atoms with E-state index in [0.717, 1.165) is 43.8 Å². The van der Waals surface area contributed by atoms with E-state index < -0.39 is 70.7 Å². The lowest BCUT2D eigenvalue weighted by Crippen LogP contribution is -2.61. The molecule has 4 fully saturated rings. The van der Waals surface area contributed by atoms with E-state index >= 15 is 13.2 Å². The van der Waals surface area contributed by atoms with Gasteiger partial charge in [0, 0.05) is 67.5 Å². The van der Waals surface area contributed by atoms with Gasteiger partial charge in [0.05, 0.1) is 35.5 Å². The lowest BCUT2D eigenvalue weighted by atomic mass is 9.49. The normalized spacial score (nSPS) is 35.3. The van der Waals surface area contributed by atoms with Gasteiger partial charge in [-0.1, -0.05) is 48.5 Å². The molecule has 0 aromatic heterocycles. The van der Waals surface area contributed by atoms with E-state index in [9.17, 15) is 4.79 Å². The molecule has 2 saturated carbocycles. The maximum Gasteiger partial charge on any atom is 0.418 e. The summed E-state index contributed by atoms with van der Waals surface area (Å²) < 4.78 is 85.7. The average molecular weight is 673 g/mol. The first-order chi connectivity index (χ1) is 23.7. The molecule has 0 amide bonds. The van der Waals surface area contributed by atoms with Crippen LogP contribution in [0.15, 0.2) is 48.5 Å². The maximum atomic E-state index is 16.4. The van der Waals surface area contributed by atoms with E-state index in [1.165, 1.54) is 7.11 Å². The van der Waals surface area contributed by atoms with Crippen LogP contribution < -0.4 is 18.9 Å². The Balaban J connectivity index is 1.28. The second-order valence-electron chi connectivity index (χ2n) is 14.6. The Hall–Kier alpha value is -4.18. The van der Waals surface area contributed by atoms with Gasteiger partial charge in [0.15, 0.2) is 11.2 Å². The van der Waals surface area contributed by atoms with Gasteiger partial charge in [-0.05, 0) is 36.5 Å². The van der Waals surface area contributed by atoms with Crippen molar-refractivity contribution in [1.29, 1.82) is 0 Å². The van der Waals surface area contributed by atoms with Gasteiger partial charge in [0.2, 0.25) is 0 Å². The van der Waals surface area contributed by atoms with Gasteiger partial charge in [0.25, 0.3) is 0 Å². The number of alkyl halides is 3. The summed E-state index contributed by atoms with van der Waals surface area (Å²) in [5, 5.41) is 3.21. The summed E-state index contributed by atoms with van der Waals surface area (Å²) in [6.07, 6.45) is -3.92. The topological polar surface area (TPSA) is 72.5 Å². The summed E-state index contributed by atoms with van der Waals surface area (Å²) in [6, 6.07) is 15.3. The molecule has 4 aliphatic carbocycles. The van der Waals surface area contributed by atoms with Crippen LogP contribution in [0.25, 0.3) is 21.5 Å². The molecule has 7 nitrogen and oxygen atoms in total. The smallest absolute Gasteiger partial charge is 0.418 e. The Morgan fingerprint density at radius 1 is 0.612 bits per heavy atom. The summed E-state index contributed by atoms with van der Waals surface area (Å²) in [6.45, 7) is 0. The number of benzene rings is 4. The van der Waals surface area contributed by atoms with Crippen molar-refractivity contribution in [2.75, 3.05) is 35.5 Å². The van der Waals surface area contributed by atoms with Crippen LogP contribution >= 0.6 is 0 Å². The molecule has 4 aromatic carbocycles. The van der Waals surface area contributed by atoms with Crippen LogP contribution in [0.2, 0.25) is 0 Å². The molecular formula is C39H35F3O7. The third-order valence-electron chi connectivity index (χ3n) is 13.5. The van der Waals surface area contributed by atoms with Crippen molar-refractivity contribution in [3.63, 3.8) is 0 Å². The van der Waals surface area contributed by atoms with Crippen molar-refractivity contribution in [2.24, 2.45) is 23.7 Å². The lowest BCUT2D eigenvalue weighted by Gasteiger charge is -2.51. The van der Waals surface area contributed by atoms with Crippen molar-refractivity contribution in [2.45, 2.75) is 53.9 Å². The monoisotopic (exact) mass is 672 g/mol. The lowest BCUT2D eigenvalue weighted by molar-refractivity contribution is -0.291. The number of hydrogen-bond donors (Lipinski definition) is 0. The summed E-state index contributed by atoms with van der Waals surface area (Å²) >= 11 is 0. The number of hydrogen-bond acceptors (Lipinski definition) is 7. The number of halogens is 3. The van der Waals surface area contributed by atoms with Crippen LogP contribution in [-0.2, 0) is 14.3 Å². The minimum atomic E-state index is -4.79. The highest BCUT2D eigenvalue weighted by Crippen LogP contribution is 2.86. The zero-order valence-corrected chi connectivity index (χ0v) is 27.6. The molecule has 6 bridgehead atoms. The molecule has 10 atom stereocenters. The highest BCUT2D eigenvalue weighted by atomic mass is 19.4. The molecule has 6 unspecified atom stereocenters. The van der Waals surface area contributed by atoms with Crippen LogP contribution in [0.4, 0.5) is 13.2 Å². The number of ether oxygens (including phenoxy) is 6. The van der Waals surface area contributed by atoms with Crippen LogP contribution in [0, 0.1) is 23.7 Å². The summed E-state index contributed by atoms with van der Waals surface area (Å²) in [7, 11) is 7.58. The summed E-state index contributed by atoms with van der Waals surface area (Å²) in [5.74, 6) is -3.99. The Kier molecular flexibility index (Phi) is 5.65. The molecule has 4 aromatic rings. The molecular weight excluding hydrogens is 637 g/mol.